The first-order valence-corrected chi connectivity index (χ1v) is 11.3. The van der Waals surface area contributed by atoms with Gasteiger partial charge in [0.15, 0.2) is 5.11 Å². The topological polar surface area (TPSA) is 120 Å². The number of nitrogens with one attached hydrogen (secondary N) is 1. The van der Waals surface area contributed by atoms with E-state index < -0.39 is 4.92 Å². The number of nitro groups is 1. The molecule has 3 heterocycles. The fourth-order valence-corrected chi connectivity index (χ4v) is 4.44. The zero-order valence-corrected chi connectivity index (χ0v) is 20.0. The smallest absolute Gasteiger partial charge is 0.305 e. The van der Waals surface area contributed by atoms with Crippen LogP contribution in [0.25, 0.3) is 11.3 Å². The molecule has 1 N–H and O–H groups in total. The lowest BCUT2D eigenvalue weighted by atomic mass is 10.0. The van der Waals surface area contributed by atoms with Crippen LogP contribution in [0.2, 0.25) is 0 Å². The first-order valence-electron chi connectivity index (χ1n) is 10.9. The molecule has 2 atom stereocenters. The number of pyridine rings is 1. The summed E-state index contributed by atoms with van der Waals surface area (Å²) in [5.41, 5.74) is 1.31. The number of thiocarbonyl (C=S) groups is 1. The molecule has 1 aromatic carbocycles. The summed E-state index contributed by atoms with van der Waals surface area (Å²) in [6, 6.07) is 13.1. The molecular weight excluding hydrogens is 472 g/mol. The minimum atomic E-state index is -0.478. The number of non-ortho nitro benzene ring substituents is 1. The van der Waals surface area contributed by atoms with E-state index in [0.717, 1.165) is 5.69 Å². The molecule has 0 amide bonds. The minimum absolute atomic E-state index is 0.0743. The van der Waals surface area contributed by atoms with E-state index in [4.69, 9.17) is 26.1 Å². The first kappa shape index (κ1) is 24.1. The number of carbonyl (C=O) groups is 1. The average molecular weight is 497 g/mol. The number of ether oxygens (including phenoxy) is 2. The Morgan fingerprint density at radius 2 is 2.09 bits per heavy atom. The highest BCUT2D eigenvalue weighted by Crippen LogP contribution is 2.42. The monoisotopic (exact) mass is 496 g/mol. The Balaban J connectivity index is 1.68. The van der Waals surface area contributed by atoms with Crippen LogP contribution in [0.5, 0.6) is 5.75 Å². The molecule has 182 valence electrons. The molecular formula is C24H24N4O6S. The summed E-state index contributed by atoms with van der Waals surface area (Å²) >= 11 is 5.63. The first-order chi connectivity index (χ1) is 16.9. The number of rotatable bonds is 9. The van der Waals surface area contributed by atoms with Crippen LogP contribution >= 0.6 is 12.2 Å². The summed E-state index contributed by atoms with van der Waals surface area (Å²) in [6.45, 7) is 0.506. The maximum absolute atomic E-state index is 11.6. The fraction of sp³-hybridized carbons (Fsp3) is 0.292. The molecule has 0 aliphatic carbocycles. The van der Waals surface area contributed by atoms with Gasteiger partial charge in [-0.3, -0.25) is 19.9 Å². The van der Waals surface area contributed by atoms with Gasteiger partial charge < -0.3 is 24.1 Å². The highest BCUT2D eigenvalue weighted by molar-refractivity contribution is 7.80. The summed E-state index contributed by atoms with van der Waals surface area (Å²) in [5, 5.41) is 15.0. The highest BCUT2D eigenvalue weighted by atomic mass is 32.1. The number of aromatic nitrogens is 1. The number of hydrogen-bond donors (Lipinski definition) is 1. The largest absolute Gasteiger partial charge is 0.496 e. The van der Waals surface area contributed by atoms with E-state index in [1.54, 1.807) is 18.3 Å². The van der Waals surface area contributed by atoms with Crippen LogP contribution in [0.3, 0.4) is 0 Å². The molecule has 3 aromatic rings. The standard InChI is InChI=1S/C24H24N4O6S/c1-32-20-14-15(28(30)31)8-9-16(20)18-10-11-19(34-18)23-22(17-6-3-4-12-25-17)26-24(35)27(23)13-5-7-21(29)33-2/h3-4,6,8-12,14,22-23H,5,7,13H2,1-2H3,(H,26,35)/t22-,23-/m1/s1. The van der Waals surface area contributed by atoms with Gasteiger partial charge in [-0.05, 0) is 49.0 Å². The van der Waals surface area contributed by atoms with E-state index in [2.05, 4.69) is 10.3 Å². The van der Waals surface area contributed by atoms with Gasteiger partial charge in [0.1, 0.15) is 23.3 Å². The summed E-state index contributed by atoms with van der Waals surface area (Å²) in [6.07, 6.45) is 2.52. The molecule has 1 aliphatic heterocycles. The minimum Gasteiger partial charge on any atom is -0.496 e. The number of furan rings is 1. The molecule has 0 bridgehead atoms. The van der Waals surface area contributed by atoms with E-state index in [1.165, 1.54) is 26.4 Å². The third kappa shape index (κ3) is 5.09. The number of nitrogens with zero attached hydrogens (tertiary/aromatic N) is 3. The Kier molecular flexibility index (Phi) is 7.25. The van der Waals surface area contributed by atoms with Crippen molar-refractivity contribution in [1.29, 1.82) is 0 Å². The van der Waals surface area contributed by atoms with Crippen LogP contribution in [-0.2, 0) is 9.53 Å². The van der Waals surface area contributed by atoms with Gasteiger partial charge >= 0.3 is 5.97 Å². The van der Waals surface area contributed by atoms with Gasteiger partial charge in [-0.15, -0.1) is 0 Å². The van der Waals surface area contributed by atoms with E-state index >= 15 is 0 Å². The second-order valence-electron chi connectivity index (χ2n) is 7.84. The lowest BCUT2D eigenvalue weighted by Crippen LogP contribution is -2.30. The lowest BCUT2D eigenvalue weighted by Gasteiger charge is -2.26. The SMILES string of the molecule is COC(=O)CCCN1C(=S)N[C@H](c2ccccn2)[C@H]1c1ccc(-c2ccc([N+](=O)[O-])cc2OC)o1. The molecule has 0 spiro atoms. The molecule has 35 heavy (non-hydrogen) atoms. The quantitative estimate of drug-likeness (QED) is 0.200. The van der Waals surface area contributed by atoms with E-state index in [0.29, 0.717) is 40.9 Å². The van der Waals surface area contributed by atoms with Crippen molar-refractivity contribution in [1.82, 2.24) is 15.2 Å². The summed E-state index contributed by atoms with van der Waals surface area (Å²) in [5.74, 6) is 1.17. The zero-order valence-electron chi connectivity index (χ0n) is 19.2. The van der Waals surface area contributed by atoms with Gasteiger partial charge in [0.25, 0.3) is 5.69 Å². The third-order valence-electron chi connectivity index (χ3n) is 5.79. The molecule has 11 heteroatoms. The van der Waals surface area contributed by atoms with E-state index in [1.807, 2.05) is 29.2 Å². The van der Waals surface area contributed by atoms with Crippen LogP contribution in [-0.4, -0.2) is 46.7 Å². The third-order valence-corrected chi connectivity index (χ3v) is 6.14. The van der Waals surface area contributed by atoms with Gasteiger partial charge in [0.05, 0.1) is 42.5 Å². The molecule has 1 saturated heterocycles. The fourth-order valence-electron chi connectivity index (χ4n) is 4.10. The van der Waals surface area contributed by atoms with Crippen molar-refractivity contribution in [2.24, 2.45) is 0 Å². The number of methoxy groups -OCH3 is 2. The van der Waals surface area contributed by atoms with Gasteiger partial charge in [-0.25, -0.2) is 0 Å². The Hall–Kier alpha value is -3.99. The Morgan fingerprint density at radius 1 is 1.26 bits per heavy atom. The molecule has 0 unspecified atom stereocenters. The van der Waals surface area contributed by atoms with Crippen molar-refractivity contribution in [3.63, 3.8) is 0 Å². The summed E-state index contributed by atoms with van der Waals surface area (Å²) < 4.78 is 16.4. The van der Waals surface area contributed by atoms with Crippen molar-refractivity contribution in [2.45, 2.75) is 24.9 Å². The normalized spacial score (nSPS) is 17.2. The van der Waals surface area contributed by atoms with E-state index in [-0.39, 0.29) is 30.2 Å². The lowest BCUT2D eigenvalue weighted by molar-refractivity contribution is -0.384. The van der Waals surface area contributed by atoms with Crippen LogP contribution in [0.15, 0.2) is 59.1 Å². The number of benzene rings is 1. The van der Waals surface area contributed by atoms with Crippen molar-refractivity contribution in [2.75, 3.05) is 20.8 Å². The van der Waals surface area contributed by atoms with Gasteiger partial charge in [-0.1, -0.05) is 6.07 Å². The van der Waals surface area contributed by atoms with Crippen LogP contribution in [0.4, 0.5) is 5.69 Å². The second kappa shape index (κ2) is 10.5. The summed E-state index contributed by atoms with van der Waals surface area (Å²) in [7, 11) is 2.81. The Labute approximate surface area is 207 Å². The maximum Gasteiger partial charge on any atom is 0.305 e. The average Bonchev–Trinajstić information content (AvgIpc) is 3.48. The number of hydrogen-bond acceptors (Lipinski definition) is 8. The Morgan fingerprint density at radius 3 is 2.77 bits per heavy atom. The van der Waals surface area contributed by atoms with Crippen molar-refractivity contribution >= 4 is 29.0 Å². The van der Waals surface area contributed by atoms with Crippen molar-refractivity contribution in [3.8, 4) is 17.1 Å². The number of carbonyl (C=O) groups excluding carboxylic acids is 1. The maximum atomic E-state index is 11.6. The molecule has 0 saturated carbocycles. The van der Waals surface area contributed by atoms with Crippen molar-refractivity contribution < 1.29 is 23.6 Å². The van der Waals surface area contributed by atoms with E-state index in [9.17, 15) is 14.9 Å². The summed E-state index contributed by atoms with van der Waals surface area (Å²) in [4.78, 5) is 28.8. The second-order valence-corrected chi connectivity index (χ2v) is 8.23. The number of nitro benzene ring substituents is 1. The molecule has 1 aliphatic rings. The van der Waals surface area contributed by atoms with Gasteiger partial charge in [0, 0.05) is 25.2 Å². The zero-order chi connectivity index (χ0) is 24.9. The molecule has 10 nitrogen and oxygen atoms in total. The molecule has 4 rings (SSSR count). The molecule has 2 aromatic heterocycles. The Bertz CT molecular complexity index is 1230. The van der Waals surface area contributed by atoms with Crippen LogP contribution in [0, 0.1) is 10.1 Å². The van der Waals surface area contributed by atoms with Crippen LogP contribution in [0.1, 0.15) is 36.4 Å². The van der Waals surface area contributed by atoms with Gasteiger partial charge in [0.2, 0.25) is 0 Å². The van der Waals surface area contributed by atoms with Crippen molar-refractivity contribution in [3.05, 3.63) is 76.3 Å². The highest BCUT2D eigenvalue weighted by Gasteiger charge is 2.41. The molecule has 1 fully saturated rings. The van der Waals surface area contributed by atoms with Gasteiger partial charge in [-0.2, -0.15) is 0 Å². The predicted octanol–water partition coefficient (Wildman–Crippen LogP) is 4.18. The van der Waals surface area contributed by atoms with Crippen LogP contribution < -0.4 is 10.1 Å². The number of esters is 1. The predicted molar refractivity (Wildman–Crippen MR) is 131 cm³/mol. The molecule has 0 radical (unpaired) electrons.